The Morgan fingerprint density at radius 1 is 1.42 bits per heavy atom. The molecule has 0 heterocycles. The molecule has 66 valence electrons. The number of allylic oxidation sites excluding steroid dienone is 6. The van der Waals surface area contributed by atoms with Crippen molar-refractivity contribution in [2.75, 3.05) is 0 Å². The quantitative estimate of drug-likeness (QED) is 0.543. The van der Waals surface area contributed by atoms with E-state index >= 15 is 0 Å². The van der Waals surface area contributed by atoms with Crippen LogP contribution in [0.15, 0.2) is 36.5 Å². The molecule has 2 atom stereocenters. The highest BCUT2D eigenvalue weighted by Gasteiger charge is 2.24. The zero-order chi connectivity index (χ0) is 9.03. The molecule has 0 amide bonds. The summed E-state index contributed by atoms with van der Waals surface area (Å²) in [7, 11) is 0. The summed E-state index contributed by atoms with van der Waals surface area (Å²) >= 11 is 0. The van der Waals surface area contributed by atoms with Crippen molar-refractivity contribution in [3.8, 4) is 0 Å². The summed E-state index contributed by atoms with van der Waals surface area (Å²) in [5.74, 6) is 0.616. The summed E-state index contributed by atoms with van der Waals surface area (Å²) in [4.78, 5) is 0. The summed E-state index contributed by atoms with van der Waals surface area (Å²) in [6, 6.07) is 0. The molecular weight excluding hydrogens is 144 g/mol. The number of hydrogen-bond acceptors (Lipinski definition) is 0. The lowest BCUT2D eigenvalue weighted by Gasteiger charge is -2.29. The predicted octanol–water partition coefficient (Wildman–Crippen LogP) is 3.72. The average Bonchev–Trinajstić information content (AvgIpc) is 2.07. The monoisotopic (exact) mass is 162 g/mol. The Balaban J connectivity index is 2.76. The molecule has 0 aromatic heterocycles. The van der Waals surface area contributed by atoms with E-state index < -0.39 is 0 Å². The summed E-state index contributed by atoms with van der Waals surface area (Å²) < 4.78 is 0. The molecule has 1 aliphatic rings. The van der Waals surface area contributed by atoms with Crippen molar-refractivity contribution in [2.45, 2.75) is 27.2 Å². The average molecular weight is 162 g/mol. The van der Waals surface area contributed by atoms with Crippen molar-refractivity contribution in [2.24, 2.45) is 11.3 Å². The molecule has 0 aliphatic heterocycles. The van der Waals surface area contributed by atoms with Crippen LogP contribution in [-0.2, 0) is 0 Å². The molecule has 0 bridgehead atoms. The van der Waals surface area contributed by atoms with E-state index in [-0.39, 0.29) is 5.41 Å². The van der Waals surface area contributed by atoms with E-state index in [9.17, 15) is 0 Å². The maximum atomic E-state index is 2.32. The Morgan fingerprint density at radius 2 is 2.17 bits per heavy atom. The lowest BCUT2D eigenvalue weighted by atomic mass is 9.75. The smallest absolute Gasteiger partial charge is 0.00959 e. The van der Waals surface area contributed by atoms with Gasteiger partial charge in [0.1, 0.15) is 0 Å². The van der Waals surface area contributed by atoms with Crippen molar-refractivity contribution in [3.05, 3.63) is 36.5 Å². The van der Waals surface area contributed by atoms with Crippen molar-refractivity contribution in [1.29, 1.82) is 0 Å². The van der Waals surface area contributed by atoms with Crippen molar-refractivity contribution in [1.82, 2.24) is 0 Å². The summed E-state index contributed by atoms with van der Waals surface area (Å²) in [6.45, 7) is 6.72. The molecule has 2 unspecified atom stereocenters. The van der Waals surface area contributed by atoms with Gasteiger partial charge in [0.15, 0.2) is 0 Å². The van der Waals surface area contributed by atoms with Gasteiger partial charge < -0.3 is 0 Å². The lowest BCUT2D eigenvalue weighted by molar-refractivity contribution is 0.418. The SMILES string of the molecule is CCC=CC1(C)C=CC=CC1C. The highest BCUT2D eigenvalue weighted by molar-refractivity contribution is 5.23. The largest absolute Gasteiger partial charge is 0.0879 e. The van der Waals surface area contributed by atoms with Crippen molar-refractivity contribution in [3.63, 3.8) is 0 Å². The van der Waals surface area contributed by atoms with Crippen LogP contribution in [0.5, 0.6) is 0 Å². The Kier molecular flexibility index (Phi) is 2.91. The first kappa shape index (κ1) is 9.31. The first-order chi connectivity index (χ1) is 5.69. The fraction of sp³-hybridized carbons (Fsp3) is 0.500. The highest BCUT2D eigenvalue weighted by atomic mass is 14.3. The van der Waals surface area contributed by atoms with Crippen molar-refractivity contribution >= 4 is 0 Å². The van der Waals surface area contributed by atoms with Crippen LogP contribution < -0.4 is 0 Å². The summed E-state index contributed by atoms with van der Waals surface area (Å²) in [5.41, 5.74) is 0.241. The normalized spacial score (nSPS) is 34.8. The van der Waals surface area contributed by atoms with Crippen LogP contribution >= 0.6 is 0 Å². The number of hydrogen-bond donors (Lipinski definition) is 0. The molecule has 0 aromatic carbocycles. The Morgan fingerprint density at radius 3 is 2.75 bits per heavy atom. The van der Waals surface area contributed by atoms with Crippen LogP contribution in [0, 0.1) is 11.3 Å². The fourth-order valence-electron chi connectivity index (χ4n) is 1.43. The fourth-order valence-corrected chi connectivity index (χ4v) is 1.43. The Hall–Kier alpha value is -0.780. The molecule has 1 aliphatic carbocycles. The van der Waals surface area contributed by atoms with Gasteiger partial charge in [0.05, 0.1) is 0 Å². The molecule has 0 nitrogen and oxygen atoms in total. The first-order valence-corrected chi connectivity index (χ1v) is 4.73. The van der Waals surface area contributed by atoms with Crippen LogP contribution in [0.4, 0.5) is 0 Å². The molecule has 0 N–H and O–H groups in total. The van der Waals surface area contributed by atoms with E-state index in [4.69, 9.17) is 0 Å². The molecule has 0 saturated carbocycles. The predicted molar refractivity (Wildman–Crippen MR) is 55.0 cm³/mol. The second kappa shape index (κ2) is 3.75. The molecular formula is C12H18. The zero-order valence-corrected chi connectivity index (χ0v) is 8.25. The van der Waals surface area contributed by atoms with Gasteiger partial charge in [-0.1, -0.05) is 57.2 Å². The van der Waals surface area contributed by atoms with Crippen LogP contribution in [0.25, 0.3) is 0 Å². The molecule has 0 spiro atoms. The minimum Gasteiger partial charge on any atom is -0.0879 e. The molecule has 12 heavy (non-hydrogen) atoms. The van der Waals surface area contributed by atoms with Gasteiger partial charge in [-0.15, -0.1) is 0 Å². The highest BCUT2D eigenvalue weighted by Crippen LogP contribution is 2.34. The minimum atomic E-state index is 0.241. The van der Waals surface area contributed by atoms with Crippen LogP contribution in [0.3, 0.4) is 0 Å². The molecule has 0 radical (unpaired) electrons. The second-order valence-corrected chi connectivity index (χ2v) is 3.71. The van der Waals surface area contributed by atoms with Crippen LogP contribution in [0.2, 0.25) is 0 Å². The lowest BCUT2D eigenvalue weighted by Crippen LogP contribution is -2.20. The van der Waals surface area contributed by atoms with Crippen LogP contribution in [0.1, 0.15) is 27.2 Å². The summed E-state index contributed by atoms with van der Waals surface area (Å²) in [6.07, 6.45) is 14.5. The number of rotatable bonds is 2. The Labute approximate surface area is 75.7 Å². The molecule has 0 saturated heterocycles. The minimum absolute atomic E-state index is 0.241. The van der Waals surface area contributed by atoms with E-state index in [1.54, 1.807) is 0 Å². The van der Waals surface area contributed by atoms with Gasteiger partial charge in [-0.05, 0) is 12.3 Å². The van der Waals surface area contributed by atoms with E-state index in [1.807, 2.05) is 0 Å². The second-order valence-electron chi connectivity index (χ2n) is 3.71. The third-order valence-electron chi connectivity index (χ3n) is 2.66. The topological polar surface area (TPSA) is 0 Å². The zero-order valence-electron chi connectivity index (χ0n) is 8.25. The molecule has 0 aromatic rings. The third-order valence-corrected chi connectivity index (χ3v) is 2.66. The standard InChI is InChI=1S/C12H18/c1-4-5-9-12(3)10-7-6-8-11(12)2/h5-11H,4H2,1-3H3. The van der Waals surface area contributed by atoms with Gasteiger partial charge in [0.2, 0.25) is 0 Å². The van der Waals surface area contributed by atoms with Gasteiger partial charge in [-0.2, -0.15) is 0 Å². The van der Waals surface area contributed by atoms with Gasteiger partial charge in [-0.25, -0.2) is 0 Å². The first-order valence-electron chi connectivity index (χ1n) is 4.73. The van der Waals surface area contributed by atoms with Gasteiger partial charge in [0.25, 0.3) is 0 Å². The summed E-state index contributed by atoms with van der Waals surface area (Å²) in [5, 5.41) is 0. The molecule has 0 heteroatoms. The molecule has 1 rings (SSSR count). The van der Waals surface area contributed by atoms with E-state index in [0.29, 0.717) is 5.92 Å². The van der Waals surface area contributed by atoms with E-state index in [1.165, 1.54) is 0 Å². The van der Waals surface area contributed by atoms with Crippen molar-refractivity contribution < 1.29 is 0 Å². The maximum Gasteiger partial charge on any atom is 0.00959 e. The Bertz CT molecular complexity index is 220. The van der Waals surface area contributed by atoms with Gasteiger partial charge in [-0.3, -0.25) is 0 Å². The van der Waals surface area contributed by atoms with E-state index in [0.717, 1.165) is 6.42 Å². The van der Waals surface area contributed by atoms with E-state index in [2.05, 4.69) is 57.2 Å². The van der Waals surface area contributed by atoms with Gasteiger partial charge in [0, 0.05) is 5.41 Å². The third kappa shape index (κ3) is 1.88. The van der Waals surface area contributed by atoms with Crippen LogP contribution in [-0.4, -0.2) is 0 Å². The van der Waals surface area contributed by atoms with Gasteiger partial charge >= 0.3 is 0 Å². The maximum absolute atomic E-state index is 2.32. The molecule has 0 fully saturated rings.